The standard InChI is InChI=1S/C16H21ClF3N3O2/c1-15(2,3)25-14(24)22-9-11-5-4-6-23(11)13-12(17)7-10(8-21-13)16(18,19)20/h7-8,11H,4-6,9H2,1-3H3,(H,22,24)/t11-/m0/s1. The highest BCUT2D eigenvalue weighted by atomic mass is 35.5. The number of hydrogen-bond acceptors (Lipinski definition) is 4. The van der Waals surface area contributed by atoms with E-state index < -0.39 is 23.4 Å². The number of hydrogen-bond donors (Lipinski definition) is 1. The number of alkyl carbamates (subject to hydrolysis) is 1. The van der Waals surface area contributed by atoms with Crippen molar-refractivity contribution in [1.82, 2.24) is 10.3 Å². The number of nitrogens with zero attached hydrogens (tertiary/aromatic N) is 2. The number of aromatic nitrogens is 1. The van der Waals surface area contributed by atoms with Crippen molar-refractivity contribution in [3.8, 4) is 0 Å². The number of rotatable bonds is 3. The van der Waals surface area contributed by atoms with E-state index in [2.05, 4.69) is 10.3 Å². The molecular weight excluding hydrogens is 359 g/mol. The molecular formula is C16H21ClF3N3O2. The molecule has 2 heterocycles. The summed E-state index contributed by atoms with van der Waals surface area (Å²) in [6, 6.07) is 0.773. The summed E-state index contributed by atoms with van der Waals surface area (Å²) >= 11 is 6.01. The summed E-state index contributed by atoms with van der Waals surface area (Å²) in [5.74, 6) is 0.295. The van der Waals surface area contributed by atoms with Crippen LogP contribution in [-0.2, 0) is 10.9 Å². The lowest BCUT2D eigenvalue weighted by Crippen LogP contribution is -2.42. The third kappa shape index (κ3) is 5.39. The van der Waals surface area contributed by atoms with E-state index >= 15 is 0 Å². The number of amides is 1. The predicted molar refractivity (Wildman–Crippen MR) is 88.9 cm³/mol. The van der Waals surface area contributed by atoms with Crippen LogP contribution in [0.5, 0.6) is 0 Å². The predicted octanol–water partition coefficient (Wildman–Crippen LogP) is 4.25. The molecule has 9 heteroatoms. The molecule has 0 unspecified atom stereocenters. The Labute approximate surface area is 149 Å². The van der Waals surface area contributed by atoms with Gasteiger partial charge in [0.25, 0.3) is 0 Å². The summed E-state index contributed by atoms with van der Waals surface area (Å²) in [6.45, 7) is 6.20. The van der Waals surface area contributed by atoms with Crippen molar-refractivity contribution in [2.45, 2.75) is 51.4 Å². The first-order valence-corrected chi connectivity index (χ1v) is 8.31. The van der Waals surface area contributed by atoms with Crippen LogP contribution in [0.4, 0.5) is 23.8 Å². The van der Waals surface area contributed by atoms with Crippen molar-refractivity contribution in [2.75, 3.05) is 18.0 Å². The smallest absolute Gasteiger partial charge is 0.417 e. The number of carbonyl (C=O) groups excluding carboxylic acids is 1. The van der Waals surface area contributed by atoms with Gasteiger partial charge in [0.15, 0.2) is 0 Å². The van der Waals surface area contributed by atoms with Crippen LogP contribution in [-0.4, -0.2) is 35.8 Å². The molecule has 0 bridgehead atoms. The Balaban J connectivity index is 2.05. The molecule has 2 rings (SSSR count). The average Bonchev–Trinajstić information content (AvgIpc) is 2.90. The van der Waals surface area contributed by atoms with Gasteiger partial charge < -0.3 is 15.0 Å². The zero-order valence-corrected chi connectivity index (χ0v) is 15.0. The van der Waals surface area contributed by atoms with Crippen LogP contribution in [0.15, 0.2) is 12.3 Å². The summed E-state index contributed by atoms with van der Waals surface area (Å²) in [7, 11) is 0. The molecule has 1 aromatic rings. The lowest BCUT2D eigenvalue weighted by atomic mass is 10.2. The van der Waals surface area contributed by atoms with Crippen molar-refractivity contribution in [2.24, 2.45) is 0 Å². The zero-order valence-electron chi connectivity index (χ0n) is 14.3. The molecule has 0 saturated carbocycles. The highest BCUT2D eigenvalue weighted by Crippen LogP contribution is 2.35. The van der Waals surface area contributed by atoms with E-state index in [-0.39, 0.29) is 11.1 Å². The number of pyridine rings is 1. The highest BCUT2D eigenvalue weighted by molar-refractivity contribution is 6.33. The van der Waals surface area contributed by atoms with Crippen LogP contribution < -0.4 is 10.2 Å². The van der Waals surface area contributed by atoms with E-state index in [1.54, 1.807) is 20.8 Å². The Morgan fingerprint density at radius 3 is 2.68 bits per heavy atom. The largest absolute Gasteiger partial charge is 0.444 e. The van der Waals surface area contributed by atoms with Crippen molar-refractivity contribution in [1.29, 1.82) is 0 Å². The maximum Gasteiger partial charge on any atom is 0.417 e. The van der Waals surface area contributed by atoms with Crippen molar-refractivity contribution >= 4 is 23.5 Å². The molecule has 1 aliphatic heterocycles. The van der Waals surface area contributed by atoms with E-state index in [9.17, 15) is 18.0 Å². The van der Waals surface area contributed by atoms with E-state index in [0.717, 1.165) is 25.1 Å². The molecule has 5 nitrogen and oxygen atoms in total. The fourth-order valence-electron chi connectivity index (χ4n) is 2.64. The Morgan fingerprint density at radius 2 is 2.12 bits per heavy atom. The van der Waals surface area contributed by atoms with Gasteiger partial charge >= 0.3 is 12.3 Å². The highest BCUT2D eigenvalue weighted by Gasteiger charge is 2.33. The van der Waals surface area contributed by atoms with Gasteiger partial charge in [0.1, 0.15) is 11.4 Å². The minimum absolute atomic E-state index is 0.0565. The molecule has 1 fully saturated rings. The molecule has 1 aliphatic rings. The third-order valence-electron chi connectivity index (χ3n) is 3.68. The SMILES string of the molecule is CC(C)(C)OC(=O)NC[C@@H]1CCCN1c1ncc(C(F)(F)F)cc1Cl. The number of alkyl halides is 3. The maximum absolute atomic E-state index is 12.7. The van der Waals surface area contributed by atoms with Gasteiger partial charge in [0, 0.05) is 25.3 Å². The molecule has 25 heavy (non-hydrogen) atoms. The van der Waals surface area contributed by atoms with E-state index in [0.29, 0.717) is 18.9 Å². The van der Waals surface area contributed by atoms with Gasteiger partial charge in [0.05, 0.1) is 10.6 Å². The van der Waals surface area contributed by atoms with E-state index in [1.165, 1.54) is 0 Å². The fraction of sp³-hybridized carbons (Fsp3) is 0.625. The van der Waals surface area contributed by atoms with Crippen LogP contribution >= 0.6 is 11.6 Å². The van der Waals surface area contributed by atoms with Gasteiger partial charge in [-0.3, -0.25) is 0 Å². The Hall–Kier alpha value is -1.70. The fourth-order valence-corrected chi connectivity index (χ4v) is 2.91. The summed E-state index contributed by atoms with van der Waals surface area (Å²) in [5, 5.41) is 2.63. The molecule has 0 spiro atoms. The van der Waals surface area contributed by atoms with E-state index in [1.807, 2.05) is 4.90 Å². The van der Waals surface area contributed by atoms with Crippen LogP contribution in [0.3, 0.4) is 0 Å². The molecule has 1 aromatic heterocycles. The Bertz CT molecular complexity index is 632. The molecule has 1 saturated heterocycles. The van der Waals surface area contributed by atoms with Crippen LogP contribution in [0.25, 0.3) is 0 Å². The first kappa shape index (κ1) is 19.6. The molecule has 0 aromatic carbocycles. The van der Waals surface area contributed by atoms with Crippen molar-refractivity contribution < 1.29 is 22.7 Å². The molecule has 1 amide bonds. The molecule has 140 valence electrons. The summed E-state index contributed by atoms with van der Waals surface area (Å²) in [5.41, 5.74) is -1.48. The van der Waals surface area contributed by atoms with Crippen molar-refractivity contribution in [3.05, 3.63) is 22.8 Å². The molecule has 0 radical (unpaired) electrons. The second kappa shape index (κ2) is 7.27. The number of carbonyl (C=O) groups is 1. The summed E-state index contributed by atoms with van der Waals surface area (Å²) in [6.07, 6.45) is -2.64. The summed E-state index contributed by atoms with van der Waals surface area (Å²) < 4.78 is 43.4. The quantitative estimate of drug-likeness (QED) is 0.853. The minimum Gasteiger partial charge on any atom is -0.444 e. The summed E-state index contributed by atoms with van der Waals surface area (Å²) in [4.78, 5) is 17.5. The monoisotopic (exact) mass is 379 g/mol. The maximum atomic E-state index is 12.7. The van der Waals surface area contributed by atoms with Gasteiger partial charge in [-0.1, -0.05) is 11.6 Å². The first-order chi connectivity index (χ1) is 11.5. The zero-order chi connectivity index (χ0) is 18.8. The minimum atomic E-state index is -4.49. The van der Waals surface area contributed by atoms with Crippen LogP contribution in [0.1, 0.15) is 39.2 Å². The molecule has 1 atom stereocenters. The number of halogens is 4. The van der Waals surface area contributed by atoms with Crippen LogP contribution in [0.2, 0.25) is 5.02 Å². The van der Waals surface area contributed by atoms with Crippen LogP contribution in [0, 0.1) is 0 Å². The number of ether oxygens (including phenoxy) is 1. The average molecular weight is 380 g/mol. The van der Waals surface area contributed by atoms with Gasteiger partial charge in [-0.25, -0.2) is 9.78 Å². The molecule has 1 N–H and O–H groups in total. The van der Waals surface area contributed by atoms with Gasteiger partial charge in [-0.05, 0) is 39.7 Å². The second-order valence-corrected chi connectivity index (χ2v) is 7.31. The number of nitrogens with one attached hydrogen (secondary N) is 1. The Morgan fingerprint density at radius 1 is 1.44 bits per heavy atom. The topological polar surface area (TPSA) is 54.5 Å². The lowest BCUT2D eigenvalue weighted by molar-refractivity contribution is -0.137. The normalized spacial score (nSPS) is 18.4. The van der Waals surface area contributed by atoms with Crippen molar-refractivity contribution in [3.63, 3.8) is 0 Å². The van der Waals surface area contributed by atoms with Gasteiger partial charge in [-0.2, -0.15) is 13.2 Å². The Kier molecular flexibility index (Phi) is 5.71. The first-order valence-electron chi connectivity index (χ1n) is 7.93. The lowest BCUT2D eigenvalue weighted by Gasteiger charge is -2.27. The third-order valence-corrected chi connectivity index (χ3v) is 3.96. The van der Waals surface area contributed by atoms with Gasteiger partial charge in [0.2, 0.25) is 0 Å². The van der Waals surface area contributed by atoms with E-state index in [4.69, 9.17) is 16.3 Å². The number of anilines is 1. The molecule has 0 aliphatic carbocycles. The second-order valence-electron chi connectivity index (χ2n) is 6.90. The van der Waals surface area contributed by atoms with Gasteiger partial charge in [-0.15, -0.1) is 0 Å².